The van der Waals surface area contributed by atoms with Crippen molar-refractivity contribution in [2.45, 2.75) is 32.5 Å². The highest BCUT2D eigenvalue weighted by atomic mass is 19.1. The van der Waals surface area contributed by atoms with Crippen molar-refractivity contribution in [3.05, 3.63) is 35.4 Å². The minimum absolute atomic E-state index is 0.120. The molecule has 98 valence electrons. The number of hydrogen-bond donors (Lipinski definition) is 1. The molecule has 0 aliphatic rings. The number of benzene rings is 1. The second-order valence-electron chi connectivity index (χ2n) is 4.89. The average molecular weight is 253 g/mol. The van der Waals surface area contributed by atoms with Crippen LogP contribution in [0.5, 0.6) is 0 Å². The zero-order chi connectivity index (χ0) is 13.9. The van der Waals surface area contributed by atoms with Crippen LogP contribution in [0.2, 0.25) is 0 Å². The molecule has 1 amide bonds. The van der Waals surface area contributed by atoms with Crippen LogP contribution in [0.1, 0.15) is 42.9 Å². The summed E-state index contributed by atoms with van der Waals surface area (Å²) in [5.41, 5.74) is 4.67. The van der Waals surface area contributed by atoms with Crippen LogP contribution in [0.3, 0.4) is 0 Å². The van der Waals surface area contributed by atoms with Gasteiger partial charge in [-0.3, -0.25) is 4.79 Å². The third kappa shape index (κ3) is 3.84. The molecule has 0 fully saturated rings. The summed E-state index contributed by atoms with van der Waals surface area (Å²) in [6.07, 6.45) is -1.86. The maximum atomic E-state index is 13.3. The first-order valence-corrected chi connectivity index (χ1v) is 5.47. The summed E-state index contributed by atoms with van der Waals surface area (Å²) in [4.78, 5) is 22.3. The third-order valence-electron chi connectivity index (χ3n) is 2.09. The van der Waals surface area contributed by atoms with Crippen LogP contribution in [-0.4, -0.2) is 17.5 Å². The Morgan fingerprint density at radius 2 is 1.72 bits per heavy atom. The predicted octanol–water partition coefficient (Wildman–Crippen LogP) is 2.14. The van der Waals surface area contributed by atoms with E-state index in [1.165, 1.54) is 24.3 Å². The summed E-state index contributed by atoms with van der Waals surface area (Å²) < 4.78 is 18.4. The van der Waals surface area contributed by atoms with Gasteiger partial charge < -0.3 is 10.5 Å². The molecule has 0 aliphatic carbocycles. The van der Waals surface area contributed by atoms with Crippen LogP contribution in [0.4, 0.5) is 4.39 Å². The molecule has 1 unspecified atom stereocenters. The average Bonchev–Trinajstić information content (AvgIpc) is 2.26. The lowest BCUT2D eigenvalue weighted by Crippen LogP contribution is -2.24. The summed E-state index contributed by atoms with van der Waals surface area (Å²) in [5.74, 6) is -1.55. The molecule has 1 atom stereocenters. The van der Waals surface area contributed by atoms with Gasteiger partial charge in [0.2, 0.25) is 6.17 Å². The molecule has 0 heterocycles. The SMILES string of the molecule is CC(C)(C)OC(=O)c1ccc(C(F)C(N)=O)cc1. The summed E-state index contributed by atoms with van der Waals surface area (Å²) >= 11 is 0. The molecule has 0 aromatic heterocycles. The van der Waals surface area contributed by atoms with E-state index in [9.17, 15) is 14.0 Å². The van der Waals surface area contributed by atoms with Gasteiger partial charge in [-0.05, 0) is 38.5 Å². The van der Waals surface area contributed by atoms with Crippen molar-refractivity contribution < 1.29 is 18.7 Å². The number of amides is 1. The Hall–Kier alpha value is -1.91. The number of alkyl halides is 1. The maximum absolute atomic E-state index is 13.3. The Kier molecular flexibility index (Phi) is 4.06. The molecule has 1 rings (SSSR count). The third-order valence-corrected chi connectivity index (χ3v) is 2.09. The highest BCUT2D eigenvalue weighted by Crippen LogP contribution is 2.18. The minimum Gasteiger partial charge on any atom is -0.456 e. The molecule has 0 radical (unpaired) electrons. The number of hydrogen-bond acceptors (Lipinski definition) is 3. The molecule has 0 saturated carbocycles. The molecule has 2 N–H and O–H groups in total. The lowest BCUT2D eigenvalue weighted by molar-refractivity contribution is -0.122. The van der Waals surface area contributed by atoms with Crippen molar-refractivity contribution >= 4 is 11.9 Å². The molecule has 0 saturated heterocycles. The van der Waals surface area contributed by atoms with Crippen LogP contribution in [0.25, 0.3) is 0 Å². The molecular formula is C13H16FNO3. The molecule has 5 heteroatoms. The number of rotatable bonds is 3. The zero-order valence-electron chi connectivity index (χ0n) is 10.6. The van der Waals surface area contributed by atoms with E-state index in [-0.39, 0.29) is 5.56 Å². The highest BCUT2D eigenvalue weighted by molar-refractivity contribution is 5.90. The van der Waals surface area contributed by atoms with Gasteiger partial charge in [-0.2, -0.15) is 0 Å². The lowest BCUT2D eigenvalue weighted by atomic mass is 10.1. The second-order valence-corrected chi connectivity index (χ2v) is 4.89. The number of carbonyl (C=O) groups excluding carboxylic acids is 2. The van der Waals surface area contributed by atoms with Crippen molar-refractivity contribution in [1.29, 1.82) is 0 Å². The van der Waals surface area contributed by atoms with Crippen molar-refractivity contribution in [2.24, 2.45) is 5.73 Å². The van der Waals surface area contributed by atoms with Gasteiger partial charge in [0, 0.05) is 0 Å². The molecule has 4 nitrogen and oxygen atoms in total. The topological polar surface area (TPSA) is 69.4 Å². The zero-order valence-corrected chi connectivity index (χ0v) is 10.6. The monoisotopic (exact) mass is 253 g/mol. The fourth-order valence-electron chi connectivity index (χ4n) is 1.29. The van der Waals surface area contributed by atoms with Crippen LogP contribution in [0, 0.1) is 0 Å². The van der Waals surface area contributed by atoms with Gasteiger partial charge in [-0.1, -0.05) is 12.1 Å². The van der Waals surface area contributed by atoms with Crippen LogP contribution >= 0.6 is 0 Å². The molecule has 0 spiro atoms. The first-order valence-electron chi connectivity index (χ1n) is 5.47. The Morgan fingerprint density at radius 1 is 1.22 bits per heavy atom. The standard InChI is InChI=1S/C13H16FNO3/c1-13(2,3)18-12(17)9-6-4-8(5-7-9)10(14)11(15)16/h4-7,10H,1-3H3,(H2,15,16). The maximum Gasteiger partial charge on any atom is 0.338 e. The van der Waals surface area contributed by atoms with Gasteiger partial charge in [0.1, 0.15) is 5.60 Å². The van der Waals surface area contributed by atoms with Gasteiger partial charge in [0.05, 0.1) is 5.56 Å². The van der Waals surface area contributed by atoms with Gasteiger partial charge in [-0.15, -0.1) is 0 Å². The number of carbonyl (C=O) groups is 2. The van der Waals surface area contributed by atoms with Crippen molar-refractivity contribution in [2.75, 3.05) is 0 Å². The number of halogens is 1. The molecule has 1 aromatic rings. The van der Waals surface area contributed by atoms with E-state index in [1.807, 2.05) is 0 Å². The molecular weight excluding hydrogens is 237 g/mol. The fraction of sp³-hybridized carbons (Fsp3) is 0.385. The largest absolute Gasteiger partial charge is 0.456 e. The smallest absolute Gasteiger partial charge is 0.338 e. The van der Waals surface area contributed by atoms with Crippen LogP contribution in [0.15, 0.2) is 24.3 Å². The van der Waals surface area contributed by atoms with E-state index >= 15 is 0 Å². The summed E-state index contributed by atoms with van der Waals surface area (Å²) in [5, 5.41) is 0. The summed E-state index contributed by atoms with van der Waals surface area (Å²) in [7, 11) is 0. The molecule has 18 heavy (non-hydrogen) atoms. The summed E-state index contributed by atoms with van der Waals surface area (Å²) in [6.45, 7) is 5.26. The van der Waals surface area contributed by atoms with Crippen molar-refractivity contribution in [3.63, 3.8) is 0 Å². The van der Waals surface area contributed by atoms with E-state index in [0.717, 1.165) is 0 Å². The summed E-state index contributed by atoms with van der Waals surface area (Å²) in [6, 6.07) is 5.49. The van der Waals surface area contributed by atoms with Gasteiger partial charge >= 0.3 is 5.97 Å². The van der Waals surface area contributed by atoms with E-state index < -0.39 is 23.6 Å². The van der Waals surface area contributed by atoms with Crippen LogP contribution in [-0.2, 0) is 9.53 Å². The predicted molar refractivity (Wildman–Crippen MR) is 64.7 cm³/mol. The minimum atomic E-state index is -1.86. The quantitative estimate of drug-likeness (QED) is 0.839. The van der Waals surface area contributed by atoms with Crippen molar-refractivity contribution in [3.8, 4) is 0 Å². The number of ether oxygens (including phenoxy) is 1. The number of esters is 1. The Labute approximate surface area is 105 Å². The van der Waals surface area contributed by atoms with E-state index in [0.29, 0.717) is 5.56 Å². The molecule has 1 aromatic carbocycles. The highest BCUT2D eigenvalue weighted by Gasteiger charge is 2.19. The Morgan fingerprint density at radius 3 is 2.11 bits per heavy atom. The normalized spacial score (nSPS) is 12.9. The molecule has 0 aliphatic heterocycles. The fourth-order valence-corrected chi connectivity index (χ4v) is 1.29. The first kappa shape index (κ1) is 14.2. The number of primary amides is 1. The Balaban J connectivity index is 2.83. The van der Waals surface area contributed by atoms with Crippen LogP contribution < -0.4 is 5.73 Å². The first-order chi connectivity index (χ1) is 8.20. The van der Waals surface area contributed by atoms with Crippen molar-refractivity contribution in [1.82, 2.24) is 0 Å². The second kappa shape index (κ2) is 5.16. The van der Waals surface area contributed by atoms with Gasteiger partial charge in [0.25, 0.3) is 5.91 Å². The van der Waals surface area contributed by atoms with Gasteiger partial charge in [-0.25, -0.2) is 9.18 Å². The van der Waals surface area contributed by atoms with E-state index in [1.54, 1.807) is 20.8 Å². The van der Waals surface area contributed by atoms with E-state index in [4.69, 9.17) is 10.5 Å². The number of nitrogens with two attached hydrogens (primary N) is 1. The molecule has 0 bridgehead atoms. The Bertz CT molecular complexity index is 448. The van der Waals surface area contributed by atoms with E-state index in [2.05, 4.69) is 0 Å². The lowest BCUT2D eigenvalue weighted by Gasteiger charge is -2.19. The van der Waals surface area contributed by atoms with Gasteiger partial charge in [0.15, 0.2) is 0 Å².